The Balaban J connectivity index is 2.61. The summed E-state index contributed by atoms with van der Waals surface area (Å²) >= 11 is 0. The number of ether oxygens (including phenoxy) is 1. The fraction of sp³-hybridized carbons (Fsp3) is 0.125. The molecule has 0 unspecified atom stereocenters. The van der Waals surface area contributed by atoms with Gasteiger partial charge in [-0.25, -0.2) is 31.1 Å². The second-order valence-electron chi connectivity index (χ2n) is 5.23. The van der Waals surface area contributed by atoms with Crippen molar-refractivity contribution < 1.29 is 44.7 Å². The Kier molecular flexibility index (Phi) is 5.52. The molecule has 0 bridgehead atoms. The van der Waals surface area contributed by atoms with Crippen LogP contribution in [0, 0.1) is 46.5 Å². The molecule has 27 heavy (non-hydrogen) atoms. The number of carbonyl (C=O) groups is 1. The highest BCUT2D eigenvalue weighted by molar-refractivity contribution is 5.92. The lowest BCUT2D eigenvalue weighted by molar-refractivity contribution is 0.0704. The predicted octanol–water partition coefficient (Wildman–Crippen LogP) is 5.13. The molecular weight excluding hydrogens is 390 g/mol. The molecule has 0 saturated heterocycles. The molecule has 0 aliphatic rings. The predicted molar refractivity (Wildman–Crippen MR) is 75.9 cm³/mol. The Labute approximate surface area is 145 Å². The molecule has 0 atom stereocenters. The van der Waals surface area contributed by atoms with E-state index in [9.17, 15) is 39.9 Å². The molecule has 0 saturated carbocycles. The number of benzene rings is 2. The standard InChI is InChI=1S/C16H7F8NO2/c1-4(2)25-14-12(23)10(21)7(11(22)13(14)24)16(26)27-15-8(19)5(17)3-6(18)9(15)20/h3H,1-2H3. The number of esters is 1. The zero-order valence-electron chi connectivity index (χ0n) is 13.4. The zero-order valence-corrected chi connectivity index (χ0v) is 13.4. The van der Waals surface area contributed by atoms with Gasteiger partial charge in [-0.1, -0.05) is 0 Å². The normalized spacial score (nSPS) is 10.7. The van der Waals surface area contributed by atoms with Crippen LogP contribution in [0.1, 0.15) is 24.2 Å². The third-order valence-corrected chi connectivity index (χ3v) is 3.05. The van der Waals surface area contributed by atoms with E-state index in [4.69, 9.17) is 0 Å². The maximum Gasteiger partial charge on any atom is 0.349 e. The van der Waals surface area contributed by atoms with Gasteiger partial charge in [0.1, 0.15) is 11.3 Å². The van der Waals surface area contributed by atoms with Crippen molar-refractivity contribution in [2.75, 3.05) is 0 Å². The van der Waals surface area contributed by atoms with E-state index in [1.54, 1.807) is 0 Å². The smallest absolute Gasteiger partial charge is 0.349 e. The first-order valence-electron chi connectivity index (χ1n) is 6.90. The quantitative estimate of drug-likeness (QED) is 0.237. The van der Waals surface area contributed by atoms with Gasteiger partial charge in [-0.2, -0.15) is 8.78 Å². The number of hydrogen-bond acceptors (Lipinski definition) is 3. The van der Waals surface area contributed by atoms with Crippen LogP contribution in [0.4, 0.5) is 40.8 Å². The Bertz CT molecular complexity index is 928. The van der Waals surface area contributed by atoms with Crippen molar-refractivity contribution in [2.24, 2.45) is 4.99 Å². The van der Waals surface area contributed by atoms with Crippen molar-refractivity contribution in [1.29, 1.82) is 0 Å². The summed E-state index contributed by atoms with van der Waals surface area (Å²) in [6.07, 6.45) is 0. The summed E-state index contributed by atoms with van der Waals surface area (Å²) in [6, 6.07) is -0.220. The minimum atomic E-state index is -2.34. The molecular formula is C16H7F8NO2. The number of aliphatic imine (C=N–C) groups is 1. The summed E-state index contributed by atoms with van der Waals surface area (Å²) in [6.45, 7) is 2.50. The van der Waals surface area contributed by atoms with E-state index < -0.39 is 69.5 Å². The van der Waals surface area contributed by atoms with Crippen LogP contribution in [0.15, 0.2) is 11.1 Å². The zero-order chi connectivity index (χ0) is 20.6. The Morgan fingerprint density at radius 1 is 0.778 bits per heavy atom. The molecule has 144 valence electrons. The molecule has 0 aliphatic heterocycles. The highest BCUT2D eigenvalue weighted by Gasteiger charge is 2.32. The minimum Gasteiger partial charge on any atom is -0.416 e. The first-order chi connectivity index (χ1) is 12.5. The summed E-state index contributed by atoms with van der Waals surface area (Å²) in [5, 5.41) is 0. The molecule has 2 aromatic carbocycles. The van der Waals surface area contributed by atoms with E-state index >= 15 is 0 Å². The number of nitrogens with zero attached hydrogens (tertiary/aromatic N) is 1. The Morgan fingerprint density at radius 2 is 1.22 bits per heavy atom. The van der Waals surface area contributed by atoms with Gasteiger partial charge in [0.15, 0.2) is 34.9 Å². The van der Waals surface area contributed by atoms with Gasteiger partial charge in [-0.05, 0) is 13.8 Å². The molecule has 0 aliphatic carbocycles. The SMILES string of the molecule is CC(C)=Nc1c(F)c(F)c(C(=O)Oc2c(F)c(F)cc(F)c2F)c(F)c1F. The lowest BCUT2D eigenvalue weighted by Gasteiger charge is -2.11. The third-order valence-electron chi connectivity index (χ3n) is 3.05. The second-order valence-corrected chi connectivity index (χ2v) is 5.23. The first-order valence-corrected chi connectivity index (χ1v) is 6.90. The van der Waals surface area contributed by atoms with Crippen molar-refractivity contribution in [3.05, 3.63) is 58.2 Å². The summed E-state index contributed by atoms with van der Waals surface area (Å²) in [5.74, 6) is -21.4. The van der Waals surface area contributed by atoms with Gasteiger partial charge < -0.3 is 4.74 Å². The lowest BCUT2D eigenvalue weighted by Crippen LogP contribution is -2.18. The number of halogens is 8. The largest absolute Gasteiger partial charge is 0.416 e. The molecule has 2 rings (SSSR count). The van der Waals surface area contributed by atoms with Crippen LogP contribution in [0.2, 0.25) is 0 Å². The van der Waals surface area contributed by atoms with Gasteiger partial charge in [0, 0.05) is 11.8 Å². The molecule has 0 spiro atoms. The minimum absolute atomic E-state index is 0.00121. The molecule has 0 radical (unpaired) electrons. The van der Waals surface area contributed by atoms with E-state index in [1.807, 2.05) is 0 Å². The molecule has 0 fully saturated rings. The summed E-state index contributed by atoms with van der Waals surface area (Å²) in [7, 11) is 0. The molecule has 0 heterocycles. The third kappa shape index (κ3) is 3.62. The van der Waals surface area contributed by atoms with Crippen molar-refractivity contribution in [3.8, 4) is 5.75 Å². The fourth-order valence-electron chi connectivity index (χ4n) is 1.91. The van der Waals surface area contributed by atoms with Crippen LogP contribution in [0.3, 0.4) is 0 Å². The summed E-state index contributed by atoms with van der Waals surface area (Å²) in [4.78, 5) is 15.0. The molecule has 0 N–H and O–H groups in total. The second kappa shape index (κ2) is 7.33. The van der Waals surface area contributed by atoms with Crippen LogP contribution in [0.5, 0.6) is 5.75 Å². The average Bonchev–Trinajstić information content (AvgIpc) is 2.59. The number of carbonyl (C=O) groups excluding carboxylic acids is 1. The average molecular weight is 397 g/mol. The number of rotatable bonds is 3. The first kappa shape index (κ1) is 20.3. The molecule has 11 heteroatoms. The Hall–Kier alpha value is -2.98. The maximum atomic E-state index is 14.0. The van der Waals surface area contributed by atoms with Gasteiger partial charge >= 0.3 is 5.97 Å². The monoisotopic (exact) mass is 397 g/mol. The van der Waals surface area contributed by atoms with E-state index in [0.717, 1.165) is 0 Å². The van der Waals surface area contributed by atoms with Gasteiger partial charge in [0.25, 0.3) is 0 Å². The number of hydrogen-bond donors (Lipinski definition) is 0. The fourth-order valence-corrected chi connectivity index (χ4v) is 1.91. The highest BCUT2D eigenvalue weighted by Crippen LogP contribution is 2.32. The van der Waals surface area contributed by atoms with E-state index in [-0.39, 0.29) is 11.8 Å². The highest BCUT2D eigenvalue weighted by atomic mass is 19.2. The van der Waals surface area contributed by atoms with Gasteiger partial charge in [-0.3, -0.25) is 4.99 Å². The molecule has 3 nitrogen and oxygen atoms in total. The van der Waals surface area contributed by atoms with Crippen molar-refractivity contribution in [3.63, 3.8) is 0 Å². The van der Waals surface area contributed by atoms with Crippen LogP contribution in [-0.2, 0) is 0 Å². The van der Waals surface area contributed by atoms with E-state index in [2.05, 4.69) is 9.73 Å². The molecule has 0 aromatic heterocycles. The molecule has 0 amide bonds. The van der Waals surface area contributed by atoms with Crippen LogP contribution in [-0.4, -0.2) is 11.7 Å². The van der Waals surface area contributed by atoms with Crippen LogP contribution >= 0.6 is 0 Å². The van der Waals surface area contributed by atoms with Gasteiger partial charge in [-0.15, -0.1) is 0 Å². The van der Waals surface area contributed by atoms with Gasteiger partial charge in [0.05, 0.1) is 0 Å². The van der Waals surface area contributed by atoms with E-state index in [1.165, 1.54) is 13.8 Å². The van der Waals surface area contributed by atoms with Gasteiger partial charge in [0.2, 0.25) is 17.4 Å². The van der Waals surface area contributed by atoms with E-state index in [0.29, 0.717) is 0 Å². The summed E-state index contributed by atoms with van der Waals surface area (Å²) in [5.41, 5.74) is -3.40. The van der Waals surface area contributed by atoms with Crippen molar-refractivity contribution >= 4 is 17.4 Å². The van der Waals surface area contributed by atoms with Crippen molar-refractivity contribution in [1.82, 2.24) is 0 Å². The summed E-state index contributed by atoms with van der Waals surface area (Å²) < 4.78 is 113. The lowest BCUT2D eigenvalue weighted by atomic mass is 10.1. The van der Waals surface area contributed by atoms with Crippen LogP contribution in [0.25, 0.3) is 0 Å². The maximum absolute atomic E-state index is 14.0. The van der Waals surface area contributed by atoms with Crippen molar-refractivity contribution in [2.45, 2.75) is 13.8 Å². The van der Waals surface area contributed by atoms with Crippen LogP contribution < -0.4 is 4.74 Å². The Morgan fingerprint density at radius 3 is 1.63 bits per heavy atom. The molecule has 2 aromatic rings. The topological polar surface area (TPSA) is 38.7 Å².